The Morgan fingerprint density at radius 2 is 1.69 bits per heavy atom. The van der Waals surface area contributed by atoms with Gasteiger partial charge in [-0.25, -0.2) is 4.39 Å². The van der Waals surface area contributed by atoms with Crippen LogP contribution in [0.5, 0.6) is 0 Å². The van der Waals surface area contributed by atoms with Crippen LogP contribution in [0.4, 0.5) is 4.39 Å². The lowest BCUT2D eigenvalue weighted by atomic mass is 9.84. The van der Waals surface area contributed by atoms with E-state index in [0.29, 0.717) is 10.9 Å². The van der Waals surface area contributed by atoms with Gasteiger partial charge in [0.2, 0.25) is 0 Å². The topological polar surface area (TPSA) is 55.1 Å². The number of nitrogens with one attached hydrogen (secondary N) is 1. The highest BCUT2D eigenvalue weighted by atomic mass is 35.5. The molecule has 1 fully saturated rings. The molecule has 0 bridgehead atoms. The number of halogens is 2. The number of carbonyl (C=O) groups is 1. The van der Waals surface area contributed by atoms with Crippen LogP contribution >= 0.6 is 20.8 Å². The minimum absolute atomic E-state index is 0.0712. The van der Waals surface area contributed by atoms with Crippen LogP contribution in [-0.2, 0) is 4.79 Å². The lowest BCUT2D eigenvalue weighted by Crippen LogP contribution is -2.39. The van der Waals surface area contributed by atoms with E-state index in [0.717, 1.165) is 30.3 Å². The molecule has 0 spiro atoms. The summed E-state index contributed by atoms with van der Waals surface area (Å²) in [5.74, 6) is 0.574. The van der Waals surface area contributed by atoms with Crippen molar-refractivity contribution in [3.63, 3.8) is 0 Å². The van der Waals surface area contributed by atoms with Crippen LogP contribution in [0, 0.1) is 25.6 Å². The molecule has 3 atom stereocenters. The molecule has 0 radical (unpaired) electrons. The van der Waals surface area contributed by atoms with Crippen LogP contribution in [0.3, 0.4) is 0 Å². The quantitative estimate of drug-likeness (QED) is 0.353. The molecular formula is C30H51ClFN2OP. The number of rotatable bonds is 7. The molecular weight excluding hydrogens is 490 g/mol. The Hall–Kier alpha value is -1.32. The summed E-state index contributed by atoms with van der Waals surface area (Å²) in [4.78, 5) is 11.9. The Kier molecular flexibility index (Phi) is 22.2. The molecule has 1 aliphatic rings. The molecule has 0 amide bonds. The number of hydrogen-bond donors (Lipinski definition) is 2. The van der Waals surface area contributed by atoms with Crippen LogP contribution in [0.1, 0.15) is 89.8 Å². The van der Waals surface area contributed by atoms with Gasteiger partial charge in [0, 0.05) is 16.2 Å². The van der Waals surface area contributed by atoms with Crippen LogP contribution in [0.15, 0.2) is 36.4 Å². The molecule has 206 valence electrons. The van der Waals surface area contributed by atoms with Crippen molar-refractivity contribution in [2.75, 3.05) is 13.6 Å². The zero-order valence-corrected chi connectivity index (χ0v) is 26.0. The standard InChI is InChI=1S/C16H23FNOP.C8H9Cl.C2H7N.2C2H6/c1-10(19)16(18-2)13(9-8-11-6-7-11)12-4-3-5-14(20)15(12)17;1-6-3-4-8(9)5-7(6)2;1-2-3;2*1-2/h3-5,11,13,16,18H,6-9,20H2,1-2H3;3-5H,1-2H3;2-3H2,1H3;2*1-2H3. The predicted molar refractivity (Wildman–Crippen MR) is 162 cm³/mol. The maximum atomic E-state index is 14.4. The molecule has 1 aliphatic carbocycles. The van der Waals surface area contributed by atoms with Gasteiger partial charge in [-0.1, -0.05) is 83.3 Å². The normalized spacial score (nSPS) is 13.1. The second kappa shape index (κ2) is 21.7. The summed E-state index contributed by atoms with van der Waals surface area (Å²) >= 11 is 5.72. The molecule has 3 unspecified atom stereocenters. The molecule has 1 saturated carbocycles. The average Bonchev–Trinajstić information content (AvgIpc) is 3.69. The summed E-state index contributed by atoms with van der Waals surface area (Å²) in [6.45, 7) is 16.4. The SMILES string of the molecule is CC.CC.CCN.CNC(C(C)=O)C(CCC1CC1)c1cccc(P)c1F.Cc1ccc(Cl)cc1C. The third-order valence-electron chi connectivity index (χ3n) is 5.66. The fourth-order valence-electron chi connectivity index (χ4n) is 3.57. The Balaban J connectivity index is 0. The van der Waals surface area contributed by atoms with Crippen molar-refractivity contribution in [1.29, 1.82) is 0 Å². The van der Waals surface area contributed by atoms with Gasteiger partial charge >= 0.3 is 0 Å². The van der Waals surface area contributed by atoms with E-state index < -0.39 is 0 Å². The second-order valence-corrected chi connectivity index (χ2v) is 9.45. The van der Waals surface area contributed by atoms with Crippen molar-refractivity contribution in [1.82, 2.24) is 5.32 Å². The highest BCUT2D eigenvalue weighted by molar-refractivity contribution is 7.27. The smallest absolute Gasteiger partial charge is 0.147 e. The Labute approximate surface area is 228 Å². The summed E-state index contributed by atoms with van der Waals surface area (Å²) in [7, 11) is 4.20. The summed E-state index contributed by atoms with van der Waals surface area (Å²) in [6.07, 6.45) is 4.50. The van der Waals surface area contributed by atoms with Crippen molar-refractivity contribution >= 4 is 31.9 Å². The number of ketones is 1. The maximum Gasteiger partial charge on any atom is 0.147 e. The number of aryl methyl sites for hydroxylation is 2. The van der Waals surface area contributed by atoms with Gasteiger partial charge in [0.1, 0.15) is 11.6 Å². The van der Waals surface area contributed by atoms with Gasteiger partial charge < -0.3 is 11.1 Å². The van der Waals surface area contributed by atoms with Gasteiger partial charge in [-0.3, -0.25) is 4.79 Å². The van der Waals surface area contributed by atoms with Crippen molar-refractivity contribution in [3.8, 4) is 0 Å². The van der Waals surface area contributed by atoms with E-state index in [1.807, 2.05) is 65.0 Å². The zero-order valence-electron chi connectivity index (χ0n) is 24.1. The summed E-state index contributed by atoms with van der Waals surface area (Å²) in [6, 6.07) is 11.0. The molecule has 36 heavy (non-hydrogen) atoms. The van der Waals surface area contributed by atoms with Gasteiger partial charge in [-0.05, 0) is 81.9 Å². The first kappa shape index (κ1) is 36.8. The molecule has 0 aliphatic heterocycles. The van der Waals surface area contributed by atoms with Crippen molar-refractivity contribution < 1.29 is 9.18 Å². The summed E-state index contributed by atoms with van der Waals surface area (Å²) in [5, 5.41) is 4.45. The number of likely N-dealkylation sites (N-methyl/N-ethyl adjacent to an activating group) is 1. The first-order valence-corrected chi connectivity index (χ1v) is 14.3. The van der Waals surface area contributed by atoms with E-state index in [9.17, 15) is 9.18 Å². The third kappa shape index (κ3) is 14.4. The largest absolute Gasteiger partial charge is 0.331 e. The van der Waals surface area contributed by atoms with Crippen molar-refractivity contribution in [2.24, 2.45) is 11.7 Å². The third-order valence-corrected chi connectivity index (χ3v) is 6.34. The van der Waals surface area contributed by atoms with Crippen LogP contribution < -0.4 is 16.4 Å². The molecule has 3 rings (SSSR count). The van der Waals surface area contributed by atoms with Crippen molar-refractivity contribution in [3.05, 3.63) is 63.9 Å². The Morgan fingerprint density at radius 1 is 1.14 bits per heavy atom. The minimum Gasteiger partial charge on any atom is -0.331 e. The van der Waals surface area contributed by atoms with Gasteiger partial charge in [0.15, 0.2) is 0 Å². The number of nitrogens with two attached hydrogens (primary N) is 1. The molecule has 3 nitrogen and oxygen atoms in total. The van der Waals surface area contributed by atoms with Gasteiger partial charge in [0.25, 0.3) is 0 Å². The number of Topliss-reactive ketones (excluding diaryl/α,β-unsaturated/α-hetero) is 1. The zero-order chi connectivity index (χ0) is 28.3. The van der Waals surface area contributed by atoms with E-state index >= 15 is 0 Å². The number of benzene rings is 2. The molecule has 2 aromatic carbocycles. The van der Waals surface area contributed by atoms with E-state index in [1.165, 1.54) is 24.0 Å². The van der Waals surface area contributed by atoms with Gasteiger partial charge in [-0.15, -0.1) is 9.24 Å². The monoisotopic (exact) mass is 540 g/mol. The van der Waals surface area contributed by atoms with Crippen LogP contribution in [0.2, 0.25) is 5.02 Å². The maximum absolute atomic E-state index is 14.4. The highest BCUT2D eigenvalue weighted by Gasteiger charge is 2.30. The molecule has 0 aromatic heterocycles. The highest BCUT2D eigenvalue weighted by Crippen LogP contribution is 2.38. The first-order valence-electron chi connectivity index (χ1n) is 13.3. The summed E-state index contributed by atoms with van der Waals surface area (Å²) in [5.41, 5.74) is 8.05. The van der Waals surface area contributed by atoms with Crippen LogP contribution in [-0.4, -0.2) is 25.4 Å². The predicted octanol–water partition coefficient (Wildman–Crippen LogP) is 7.75. The number of carbonyl (C=O) groups excluding carboxylic acids is 1. The fourth-order valence-corrected chi connectivity index (χ4v) is 4.08. The van der Waals surface area contributed by atoms with E-state index in [4.69, 9.17) is 17.3 Å². The first-order chi connectivity index (χ1) is 17.2. The number of hydrogen-bond acceptors (Lipinski definition) is 3. The Morgan fingerprint density at radius 3 is 2.11 bits per heavy atom. The average molecular weight is 541 g/mol. The van der Waals surface area contributed by atoms with Crippen molar-refractivity contribution in [2.45, 2.75) is 93.0 Å². The Bertz CT molecular complexity index is 859. The van der Waals surface area contributed by atoms with E-state index in [1.54, 1.807) is 20.0 Å². The van der Waals surface area contributed by atoms with Gasteiger partial charge in [-0.2, -0.15) is 0 Å². The van der Waals surface area contributed by atoms with Gasteiger partial charge in [0.05, 0.1) is 6.04 Å². The van der Waals surface area contributed by atoms with E-state index in [-0.39, 0.29) is 23.6 Å². The van der Waals surface area contributed by atoms with Crippen LogP contribution in [0.25, 0.3) is 0 Å². The second-order valence-electron chi connectivity index (χ2n) is 8.39. The summed E-state index contributed by atoms with van der Waals surface area (Å²) < 4.78 is 14.4. The lowest BCUT2D eigenvalue weighted by molar-refractivity contribution is -0.119. The molecule has 6 heteroatoms. The lowest BCUT2D eigenvalue weighted by Gasteiger charge is -2.26. The molecule has 2 aromatic rings. The van der Waals surface area contributed by atoms with E-state index in [2.05, 4.69) is 28.4 Å². The molecule has 0 saturated heterocycles. The molecule has 0 heterocycles. The molecule has 3 N–H and O–H groups in total. The minimum atomic E-state index is -0.310. The fraction of sp³-hybridized carbons (Fsp3) is 0.567.